The highest BCUT2D eigenvalue weighted by Crippen LogP contribution is 2.39. The molecule has 2 heterocycles. The fourth-order valence-electron chi connectivity index (χ4n) is 3.27. The van der Waals surface area contributed by atoms with Crippen molar-refractivity contribution >= 4 is 27.8 Å². The average molecular weight is 396 g/mol. The molecule has 3 rings (SSSR count). The molecule has 0 radical (unpaired) electrons. The van der Waals surface area contributed by atoms with Gasteiger partial charge in [-0.1, -0.05) is 15.9 Å². The molecule has 6 heteroatoms. The van der Waals surface area contributed by atoms with Crippen molar-refractivity contribution in [2.24, 2.45) is 0 Å². The van der Waals surface area contributed by atoms with Crippen molar-refractivity contribution in [1.29, 1.82) is 0 Å². The molecular formula is C18H22BrNO4. The molecule has 0 aliphatic carbocycles. The Bertz CT molecular complexity index is 682. The molecule has 0 N–H and O–H groups in total. The fourth-order valence-corrected chi connectivity index (χ4v) is 3.64. The molecule has 1 atom stereocenters. The van der Waals surface area contributed by atoms with Crippen molar-refractivity contribution in [3.63, 3.8) is 0 Å². The molecular weight excluding hydrogens is 374 g/mol. The van der Waals surface area contributed by atoms with Crippen molar-refractivity contribution in [1.82, 2.24) is 4.90 Å². The average Bonchev–Trinajstić information content (AvgIpc) is 2.46. The van der Waals surface area contributed by atoms with Gasteiger partial charge >= 0.3 is 6.09 Å². The van der Waals surface area contributed by atoms with Crippen LogP contribution in [0.15, 0.2) is 22.7 Å². The molecule has 1 aromatic carbocycles. The standard InChI is InChI=1S/C18H22BrNO4/c1-17(2,3)24-16(22)20-8-4-7-18(11-20)10-14(21)13-9-12(19)5-6-15(13)23-18/h5-6,9H,4,7-8,10-11H2,1-3H3. The summed E-state index contributed by atoms with van der Waals surface area (Å²) in [7, 11) is 0. The van der Waals surface area contributed by atoms with Crippen molar-refractivity contribution in [3.8, 4) is 5.75 Å². The van der Waals surface area contributed by atoms with Crippen LogP contribution in [0, 0.1) is 0 Å². The third kappa shape index (κ3) is 3.58. The maximum absolute atomic E-state index is 12.6. The molecule has 0 bridgehead atoms. The lowest BCUT2D eigenvalue weighted by atomic mass is 9.83. The molecule has 1 saturated heterocycles. The lowest BCUT2D eigenvalue weighted by Gasteiger charge is -2.44. The van der Waals surface area contributed by atoms with E-state index in [9.17, 15) is 9.59 Å². The topological polar surface area (TPSA) is 55.8 Å². The van der Waals surface area contributed by atoms with E-state index in [1.165, 1.54) is 0 Å². The highest BCUT2D eigenvalue weighted by atomic mass is 79.9. The smallest absolute Gasteiger partial charge is 0.410 e. The minimum atomic E-state index is -0.646. The Morgan fingerprint density at radius 1 is 1.38 bits per heavy atom. The van der Waals surface area contributed by atoms with Crippen LogP contribution < -0.4 is 4.74 Å². The molecule has 24 heavy (non-hydrogen) atoms. The van der Waals surface area contributed by atoms with Gasteiger partial charge in [-0.15, -0.1) is 0 Å². The van der Waals surface area contributed by atoms with Gasteiger partial charge in [0.05, 0.1) is 18.5 Å². The van der Waals surface area contributed by atoms with Crippen LogP contribution >= 0.6 is 15.9 Å². The van der Waals surface area contributed by atoms with E-state index in [2.05, 4.69) is 15.9 Å². The molecule has 1 spiro atoms. The van der Waals surface area contributed by atoms with Crippen molar-refractivity contribution < 1.29 is 19.1 Å². The zero-order valence-corrected chi connectivity index (χ0v) is 15.8. The summed E-state index contributed by atoms with van der Waals surface area (Å²) in [5, 5.41) is 0. The number of ether oxygens (including phenoxy) is 2. The van der Waals surface area contributed by atoms with Crippen molar-refractivity contribution in [2.75, 3.05) is 13.1 Å². The second-order valence-electron chi connectivity index (χ2n) is 7.53. The molecule has 2 aliphatic rings. The second-order valence-corrected chi connectivity index (χ2v) is 8.45. The first-order chi connectivity index (χ1) is 11.2. The number of carbonyl (C=O) groups is 2. The Kier molecular flexibility index (Phi) is 4.36. The first-order valence-electron chi connectivity index (χ1n) is 8.17. The zero-order chi connectivity index (χ0) is 17.5. The number of amides is 1. The van der Waals surface area contributed by atoms with Crippen LogP contribution in [0.25, 0.3) is 0 Å². The number of rotatable bonds is 0. The molecule has 0 aromatic heterocycles. The monoisotopic (exact) mass is 395 g/mol. The highest BCUT2D eigenvalue weighted by molar-refractivity contribution is 9.10. The van der Waals surface area contributed by atoms with Crippen LogP contribution in [0.3, 0.4) is 0 Å². The quantitative estimate of drug-likeness (QED) is 0.660. The van der Waals surface area contributed by atoms with E-state index in [4.69, 9.17) is 9.47 Å². The van der Waals surface area contributed by atoms with Gasteiger partial charge in [0.2, 0.25) is 0 Å². The first-order valence-corrected chi connectivity index (χ1v) is 8.97. The van der Waals surface area contributed by atoms with Crippen LogP contribution in [0.4, 0.5) is 4.79 Å². The largest absolute Gasteiger partial charge is 0.484 e. The number of benzene rings is 1. The third-order valence-electron chi connectivity index (χ3n) is 4.24. The number of ketones is 1. The molecule has 1 fully saturated rings. The van der Waals surface area contributed by atoms with Gasteiger partial charge in [-0.3, -0.25) is 4.79 Å². The minimum Gasteiger partial charge on any atom is -0.484 e. The SMILES string of the molecule is CC(C)(C)OC(=O)N1CCCC2(CC(=O)c3cc(Br)ccc3O2)C1. The predicted molar refractivity (Wildman–Crippen MR) is 93.5 cm³/mol. The number of piperidine rings is 1. The third-order valence-corrected chi connectivity index (χ3v) is 4.74. The predicted octanol–water partition coefficient (Wildman–Crippen LogP) is 4.18. The van der Waals surface area contributed by atoms with Gasteiger partial charge in [-0.2, -0.15) is 0 Å². The summed E-state index contributed by atoms with van der Waals surface area (Å²) in [6, 6.07) is 5.46. The summed E-state index contributed by atoms with van der Waals surface area (Å²) in [4.78, 5) is 26.6. The van der Waals surface area contributed by atoms with Gasteiger partial charge in [-0.05, 0) is 51.8 Å². The molecule has 0 saturated carbocycles. The number of likely N-dealkylation sites (tertiary alicyclic amines) is 1. The van der Waals surface area contributed by atoms with E-state index in [0.29, 0.717) is 24.4 Å². The van der Waals surface area contributed by atoms with Crippen molar-refractivity contribution in [2.45, 2.75) is 51.2 Å². The summed E-state index contributed by atoms with van der Waals surface area (Å²) in [6.07, 6.45) is 1.49. The minimum absolute atomic E-state index is 0.0589. The van der Waals surface area contributed by atoms with E-state index in [-0.39, 0.29) is 18.3 Å². The number of halogens is 1. The highest BCUT2D eigenvalue weighted by Gasteiger charge is 2.45. The van der Waals surface area contributed by atoms with Crippen LogP contribution in [0.2, 0.25) is 0 Å². The summed E-state index contributed by atoms with van der Waals surface area (Å²) in [5.41, 5.74) is -0.582. The van der Waals surface area contributed by atoms with Gasteiger partial charge in [0.1, 0.15) is 17.0 Å². The Labute approximate surface area is 150 Å². The molecule has 2 aliphatic heterocycles. The van der Waals surface area contributed by atoms with Gasteiger partial charge < -0.3 is 14.4 Å². The molecule has 1 aromatic rings. The maximum Gasteiger partial charge on any atom is 0.410 e. The zero-order valence-electron chi connectivity index (χ0n) is 14.2. The number of nitrogens with zero attached hydrogens (tertiary/aromatic N) is 1. The van der Waals surface area contributed by atoms with Crippen LogP contribution in [-0.4, -0.2) is 41.1 Å². The lowest BCUT2D eigenvalue weighted by Crippen LogP contribution is -2.56. The van der Waals surface area contributed by atoms with Crippen LogP contribution in [0.1, 0.15) is 50.4 Å². The summed E-state index contributed by atoms with van der Waals surface area (Å²) >= 11 is 3.38. The Balaban J connectivity index is 1.80. The molecule has 1 unspecified atom stereocenters. The normalized spacial score (nSPS) is 23.7. The number of hydrogen-bond donors (Lipinski definition) is 0. The van der Waals surface area contributed by atoms with E-state index in [1.54, 1.807) is 11.0 Å². The van der Waals surface area contributed by atoms with E-state index < -0.39 is 11.2 Å². The molecule has 130 valence electrons. The summed E-state index contributed by atoms with van der Waals surface area (Å²) < 4.78 is 12.5. The maximum atomic E-state index is 12.6. The van der Waals surface area contributed by atoms with Gasteiger partial charge in [0.25, 0.3) is 0 Å². The Morgan fingerprint density at radius 2 is 2.12 bits per heavy atom. The van der Waals surface area contributed by atoms with E-state index in [0.717, 1.165) is 17.3 Å². The van der Waals surface area contributed by atoms with Gasteiger partial charge in [0, 0.05) is 11.0 Å². The van der Waals surface area contributed by atoms with Crippen LogP contribution in [-0.2, 0) is 4.74 Å². The van der Waals surface area contributed by atoms with Crippen LogP contribution in [0.5, 0.6) is 5.75 Å². The van der Waals surface area contributed by atoms with Gasteiger partial charge in [-0.25, -0.2) is 4.79 Å². The Hall–Kier alpha value is -1.56. The second kappa shape index (κ2) is 6.06. The fraction of sp³-hybridized carbons (Fsp3) is 0.556. The molecule has 5 nitrogen and oxygen atoms in total. The summed E-state index contributed by atoms with van der Waals surface area (Å²) in [6.45, 7) is 6.54. The summed E-state index contributed by atoms with van der Waals surface area (Å²) in [5.74, 6) is 0.657. The van der Waals surface area contributed by atoms with Gasteiger partial charge in [0.15, 0.2) is 5.78 Å². The van der Waals surface area contributed by atoms with Crippen molar-refractivity contribution in [3.05, 3.63) is 28.2 Å². The number of fused-ring (bicyclic) bond motifs is 1. The van der Waals surface area contributed by atoms with E-state index >= 15 is 0 Å². The number of Topliss-reactive ketones (excluding diaryl/α,β-unsaturated/α-hetero) is 1. The Morgan fingerprint density at radius 3 is 2.83 bits per heavy atom. The van der Waals surface area contributed by atoms with E-state index in [1.807, 2.05) is 32.9 Å². The number of carbonyl (C=O) groups excluding carboxylic acids is 2. The molecule has 1 amide bonds. The number of hydrogen-bond acceptors (Lipinski definition) is 4. The lowest BCUT2D eigenvalue weighted by molar-refractivity contribution is -0.0334. The first kappa shape index (κ1) is 17.3.